The maximum Gasteiger partial charge on any atom is 0.274 e. The van der Waals surface area contributed by atoms with Gasteiger partial charge in [-0.15, -0.1) is 0 Å². The van der Waals surface area contributed by atoms with Crippen molar-refractivity contribution in [3.8, 4) is 11.4 Å². The van der Waals surface area contributed by atoms with E-state index in [0.717, 1.165) is 11.4 Å². The van der Waals surface area contributed by atoms with E-state index >= 15 is 0 Å². The number of anilines is 2. The van der Waals surface area contributed by atoms with Gasteiger partial charge >= 0.3 is 0 Å². The molecule has 2 N–H and O–H groups in total. The molecular formula is C19H19N5O3S. The molecule has 0 spiro atoms. The number of H-pyrrole nitrogens is 1. The number of nitrogens with one attached hydrogen (secondary N) is 2. The molecule has 0 radical (unpaired) electrons. The highest BCUT2D eigenvalue weighted by molar-refractivity contribution is 7.91. The number of hydrogen-bond acceptors (Lipinski definition) is 6. The van der Waals surface area contributed by atoms with E-state index in [-0.39, 0.29) is 17.4 Å². The van der Waals surface area contributed by atoms with Crippen LogP contribution in [-0.2, 0) is 9.84 Å². The summed E-state index contributed by atoms with van der Waals surface area (Å²) >= 11 is 0. The summed E-state index contributed by atoms with van der Waals surface area (Å²) in [5.74, 6) is 0.0337. The quantitative estimate of drug-likeness (QED) is 0.697. The molecule has 1 saturated heterocycles. The average molecular weight is 397 g/mol. The second kappa shape index (κ2) is 7.43. The fourth-order valence-corrected chi connectivity index (χ4v) is 4.23. The summed E-state index contributed by atoms with van der Waals surface area (Å²) in [5, 5.41) is 9.55. The Hall–Kier alpha value is -3.20. The number of carbonyl (C=O) groups is 1. The first-order chi connectivity index (χ1) is 13.5. The van der Waals surface area contributed by atoms with Crippen molar-refractivity contribution in [3.63, 3.8) is 0 Å². The first-order valence-electron chi connectivity index (χ1n) is 8.84. The Morgan fingerprint density at radius 1 is 1.04 bits per heavy atom. The summed E-state index contributed by atoms with van der Waals surface area (Å²) in [4.78, 5) is 18.9. The average Bonchev–Trinajstić information content (AvgIpc) is 3.24. The van der Waals surface area contributed by atoms with Gasteiger partial charge in [0.05, 0.1) is 22.9 Å². The molecule has 1 aliphatic rings. The zero-order valence-electron chi connectivity index (χ0n) is 15.0. The van der Waals surface area contributed by atoms with Gasteiger partial charge in [-0.2, -0.15) is 5.10 Å². The highest BCUT2D eigenvalue weighted by atomic mass is 32.2. The van der Waals surface area contributed by atoms with Crippen LogP contribution in [0.4, 0.5) is 11.4 Å². The van der Waals surface area contributed by atoms with Crippen LogP contribution in [0.5, 0.6) is 0 Å². The summed E-state index contributed by atoms with van der Waals surface area (Å²) in [6.07, 6.45) is 1.63. The van der Waals surface area contributed by atoms with E-state index in [1.54, 1.807) is 42.6 Å². The SMILES string of the molecule is O=C(Nc1ccc(N2CCS(=O)(=O)CC2)cc1)c1cccc(-c2ccn[nH]2)n1. The van der Waals surface area contributed by atoms with E-state index in [9.17, 15) is 13.2 Å². The molecule has 0 bridgehead atoms. The molecule has 2 aromatic heterocycles. The molecule has 28 heavy (non-hydrogen) atoms. The number of benzene rings is 1. The molecule has 1 fully saturated rings. The van der Waals surface area contributed by atoms with Gasteiger partial charge in [0.15, 0.2) is 9.84 Å². The van der Waals surface area contributed by atoms with E-state index in [1.165, 1.54) is 0 Å². The minimum absolute atomic E-state index is 0.170. The summed E-state index contributed by atoms with van der Waals surface area (Å²) < 4.78 is 23.1. The number of aromatic amines is 1. The molecule has 1 aliphatic heterocycles. The number of nitrogens with zero attached hydrogens (tertiary/aromatic N) is 3. The van der Waals surface area contributed by atoms with Crippen molar-refractivity contribution in [3.05, 3.63) is 60.4 Å². The van der Waals surface area contributed by atoms with E-state index in [0.29, 0.717) is 30.2 Å². The third-order valence-electron chi connectivity index (χ3n) is 4.59. The van der Waals surface area contributed by atoms with Crippen molar-refractivity contribution in [2.75, 3.05) is 34.8 Å². The molecule has 1 amide bonds. The van der Waals surface area contributed by atoms with Crippen LogP contribution in [-0.4, -0.2) is 54.1 Å². The van der Waals surface area contributed by atoms with Crippen molar-refractivity contribution in [1.29, 1.82) is 0 Å². The number of carbonyl (C=O) groups excluding carboxylic acids is 1. The zero-order valence-corrected chi connectivity index (χ0v) is 15.8. The maximum absolute atomic E-state index is 12.5. The summed E-state index contributed by atoms with van der Waals surface area (Å²) in [7, 11) is -2.91. The fourth-order valence-electron chi connectivity index (χ4n) is 3.03. The van der Waals surface area contributed by atoms with Crippen molar-refractivity contribution in [2.45, 2.75) is 0 Å². The smallest absolute Gasteiger partial charge is 0.274 e. The van der Waals surface area contributed by atoms with Gasteiger partial charge in [-0.3, -0.25) is 9.89 Å². The van der Waals surface area contributed by atoms with Crippen molar-refractivity contribution >= 4 is 27.1 Å². The lowest BCUT2D eigenvalue weighted by Gasteiger charge is -2.28. The van der Waals surface area contributed by atoms with Crippen LogP contribution in [0.15, 0.2) is 54.7 Å². The van der Waals surface area contributed by atoms with E-state index in [2.05, 4.69) is 20.5 Å². The Balaban J connectivity index is 1.43. The molecule has 0 saturated carbocycles. The third-order valence-corrected chi connectivity index (χ3v) is 6.20. The standard InChI is InChI=1S/C19H19N5O3S/c25-19(18-3-1-2-16(22-18)17-8-9-20-23-17)21-14-4-6-15(7-5-14)24-10-12-28(26,27)13-11-24/h1-9H,10-13H2,(H,20,23)(H,21,25). The van der Waals surface area contributed by atoms with E-state index < -0.39 is 9.84 Å². The number of aromatic nitrogens is 3. The van der Waals surface area contributed by atoms with Gasteiger partial charge in [-0.05, 0) is 42.5 Å². The number of rotatable bonds is 4. The predicted octanol–water partition coefficient (Wildman–Crippen LogP) is 1.96. The molecule has 0 atom stereocenters. The molecule has 0 unspecified atom stereocenters. The third kappa shape index (κ3) is 4.04. The van der Waals surface area contributed by atoms with Gasteiger partial charge in [0.1, 0.15) is 5.69 Å². The highest BCUT2D eigenvalue weighted by Gasteiger charge is 2.21. The highest BCUT2D eigenvalue weighted by Crippen LogP contribution is 2.21. The van der Waals surface area contributed by atoms with Gasteiger partial charge in [0, 0.05) is 30.7 Å². The summed E-state index contributed by atoms with van der Waals surface area (Å²) in [6.45, 7) is 0.969. The molecule has 144 valence electrons. The Morgan fingerprint density at radius 2 is 1.79 bits per heavy atom. The lowest BCUT2D eigenvalue weighted by molar-refractivity contribution is 0.102. The van der Waals surface area contributed by atoms with Crippen LogP contribution < -0.4 is 10.2 Å². The summed E-state index contributed by atoms with van der Waals surface area (Å²) in [6, 6.07) is 14.4. The van der Waals surface area contributed by atoms with Crippen LogP contribution in [0, 0.1) is 0 Å². The van der Waals surface area contributed by atoms with E-state index in [1.807, 2.05) is 17.0 Å². The van der Waals surface area contributed by atoms with Gasteiger partial charge in [-0.1, -0.05) is 6.07 Å². The lowest BCUT2D eigenvalue weighted by Crippen LogP contribution is -2.40. The Labute approximate surface area is 162 Å². The normalized spacial score (nSPS) is 15.9. The van der Waals surface area contributed by atoms with E-state index in [4.69, 9.17) is 0 Å². The molecule has 3 heterocycles. The maximum atomic E-state index is 12.5. The van der Waals surface area contributed by atoms with Gasteiger partial charge in [0.25, 0.3) is 5.91 Å². The van der Waals surface area contributed by atoms with Gasteiger partial charge < -0.3 is 10.2 Å². The molecule has 8 nitrogen and oxygen atoms in total. The molecular weight excluding hydrogens is 378 g/mol. The summed E-state index contributed by atoms with van der Waals surface area (Å²) in [5.41, 5.74) is 3.26. The van der Waals surface area contributed by atoms with Crippen molar-refractivity contribution in [2.24, 2.45) is 0 Å². The number of pyridine rings is 1. The van der Waals surface area contributed by atoms with Crippen LogP contribution in [0.25, 0.3) is 11.4 Å². The number of amides is 1. The number of sulfone groups is 1. The second-order valence-corrected chi connectivity index (χ2v) is 8.82. The zero-order chi connectivity index (χ0) is 19.6. The van der Waals surface area contributed by atoms with Crippen LogP contribution in [0.2, 0.25) is 0 Å². The minimum atomic E-state index is -2.91. The monoisotopic (exact) mass is 397 g/mol. The van der Waals surface area contributed by atoms with Crippen LogP contribution in [0.1, 0.15) is 10.5 Å². The number of hydrogen-bond donors (Lipinski definition) is 2. The largest absolute Gasteiger partial charge is 0.369 e. The molecule has 1 aromatic carbocycles. The molecule has 4 rings (SSSR count). The fraction of sp³-hybridized carbons (Fsp3) is 0.211. The lowest BCUT2D eigenvalue weighted by atomic mass is 10.2. The molecule has 0 aliphatic carbocycles. The Kier molecular flexibility index (Phi) is 4.82. The minimum Gasteiger partial charge on any atom is -0.369 e. The van der Waals surface area contributed by atoms with Crippen LogP contribution in [0.3, 0.4) is 0 Å². The van der Waals surface area contributed by atoms with Gasteiger partial charge in [0.2, 0.25) is 0 Å². The van der Waals surface area contributed by atoms with Crippen molar-refractivity contribution in [1.82, 2.24) is 15.2 Å². The predicted molar refractivity (Wildman–Crippen MR) is 107 cm³/mol. The molecule has 3 aromatic rings. The second-order valence-electron chi connectivity index (χ2n) is 6.52. The van der Waals surface area contributed by atoms with Crippen LogP contribution >= 0.6 is 0 Å². The Morgan fingerprint density at radius 3 is 2.46 bits per heavy atom. The first-order valence-corrected chi connectivity index (χ1v) is 10.7. The van der Waals surface area contributed by atoms with Crippen molar-refractivity contribution < 1.29 is 13.2 Å². The Bertz CT molecular complexity index is 1070. The first kappa shape index (κ1) is 18.2. The molecule has 9 heteroatoms. The van der Waals surface area contributed by atoms with Gasteiger partial charge in [-0.25, -0.2) is 13.4 Å². The topological polar surface area (TPSA) is 108 Å².